The van der Waals surface area contributed by atoms with Gasteiger partial charge in [0.1, 0.15) is 0 Å². The fraction of sp³-hybridized carbons (Fsp3) is 0.625. The van der Waals surface area contributed by atoms with Gasteiger partial charge < -0.3 is 5.73 Å². The van der Waals surface area contributed by atoms with E-state index in [0.717, 1.165) is 25.8 Å². The molecule has 110 valence electrons. The Kier molecular flexibility index (Phi) is 3.78. The number of piperidine rings is 1. The van der Waals surface area contributed by atoms with Gasteiger partial charge in [-0.25, -0.2) is 8.78 Å². The SMILES string of the molecule is NC1CCc2cc(CN3CCC(F)(F)CC3)ccc2C1. The Morgan fingerprint density at radius 1 is 1.20 bits per heavy atom. The van der Waals surface area contributed by atoms with E-state index in [9.17, 15) is 8.78 Å². The van der Waals surface area contributed by atoms with Gasteiger partial charge in [-0.3, -0.25) is 4.90 Å². The number of hydrogen-bond donors (Lipinski definition) is 1. The topological polar surface area (TPSA) is 29.3 Å². The minimum absolute atomic E-state index is 0.00715. The van der Waals surface area contributed by atoms with Gasteiger partial charge in [-0.15, -0.1) is 0 Å². The summed E-state index contributed by atoms with van der Waals surface area (Å²) in [5.41, 5.74) is 9.98. The average molecular weight is 280 g/mol. The summed E-state index contributed by atoms with van der Waals surface area (Å²) < 4.78 is 26.3. The molecule has 1 saturated heterocycles. The van der Waals surface area contributed by atoms with Crippen molar-refractivity contribution in [3.05, 3.63) is 34.9 Å². The first-order chi connectivity index (χ1) is 9.52. The van der Waals surface area contributed by atoms with E-state index in [-0.39, 0.29) is 18.9 Å². The lowest BCUT2D eigenvalue weighted by Crippen LogP contribution is -2.38. The Balaban J connectivity index is 1.64. The van der Waals surface area contributed by atoms with Crippen LogP contribution in [0.1, 0.15) is 36.0 Å². The first-order valence-electron chi connectivity index (χ1n) is 7.48. The molecular weight excluding hydrogens is 258 g/mol. The van der Waals surface area contributed by atoms with Crippen molar-refractivity contribution in [3.63, 3.8) is 0 Å². The molecule has 1 fully saturated rings. The minimum Gasteiger partial charge on any atom is -0.327 e. The van der Waals surface area contributed by atoms with Gasteiger partial charge in [0.15, 0.2) is 0 Å². The zero-order valence-corrected chi connectivity index (χ0v) is 11.7. The van der Waals surface area contributed by atoms with Crippen LogP contribution in [0.4, 0.5) is 8.78 Å². The molecule has 0 aromatic heterocycles. The first-order valence-corrected chi connectivity index (χ1v) is 7.48. The van der Waals surface area contributed by atoms with E-state index in [1.807, 2.05) is 0 Å². The Morgan fingerprint density at radius 2 is 1.95 bits per heavy atom. The highest BCUT2D eigenvalue weighted by atomic mass is 19.3. The number of aryl methyl sites for hydroxylation is 1. The molecule has 3 rings (SSSR count). The molecular formula is C16H22F2N2. The van der Waals surface area contributed by atoms with Crippen LogP contribution >= 0.6 is 0 Å². The molecule has 2 N–H and O–H groups in total. The molecule has 1 heterocycles. The van der Waals surface area contributed by atoms with Crippen LogP contribution in [0.25, 0.3) is 0 Å². The van der Waals surface area contributed by atoms with Crippen molar-refractivity contribution in [2.24, 2.45) is 5.73 Å². The minimum atomic E-state index is -2.46. The Hall–Kier alpha value is -1.00. The first kappa shape index (κ1) is 14.0. The van der Waals surface area contributed by atoms with E-state index >= 15 is 0 Å². The van der Waals surface area contributed by atoms with Crippen molar-refractivity contribution >= 4 is 0 Å². The molecule has 1 aliphatic heterocycles. The monoisotopic (exact) mass is 280 g/mol. The number of benzene rings is 1. The van der Waals surface area contributed by atoms with Gasteiger partial charge in [0, 0.05) is 38.5 Å². The van der Waals surface area contributed by atoms with Gasteiger partial charge in [0.25, 0.3) is 5.92 Å². The summed E-state index contributed by atoms with van der Waals surface area (Å²) >= 11 is 0. The summed E-state index contributed by atoms with van der Waals surface area (Å²) in [6, 6.07) is 6.83. The summed E-state index contributed by atoms with van der Waals surface area (Å²) in [6.07, 6.45) is 3.04. The normalized spacial score (nSPS) is 26.2. The number of halogens is 2. The number of hydrogen-bond acceptors (Lipinski definition) is 2. The number of likely N-dealkylation sites (tertiary alicyclic amines) is 1. The smallest absolute Gasteiger partial charge is 0.250 e. The summed E-state index contributed by atoms with van der Waals surface area (Å²) in [5.74, 6) is -2.46. The van der Waals surface area contributed by atoms with Gasteiger partial charge in [-0.05, 0) is 36.0 Å². The highest BCUT2D eigenvalue weighted by molar-refractivity contribution is 5.34. The molecule has 4 heteroatoms. The lowest BCUT2D eigenvalue weighted by atomic mass is 9.87. The van der Waals surface area contributed by atoms with Crippen LogP contribution in [0, 0.1) is 0 Å². The number of rotatable bonds is 2. The summed E-state index contributed by atoms with van der Waals surface area (Å²) in [4.78, 5) is 2.13. The van der Waals surface area contributed by atoms with Crippen molar-refractivity contribution in [2.75, 3.05) is 13.1 Å². The highest BCUT2D eigenvalue weighted by Gasteiger charge is 2.33. The van der Waals surface area contributed by atoms with E-state index in [1.165, 1.54) is 16.7 Å². The van der Waals surface area contributed by atoms with Gasteiger partial charge in [0.2, 0.25) is 0 Å². The quantitative estimate of drug-likeness (QED) is 0.902. The van der Waals surface area contributed by atoms with Crippen molar-refractivity contribution in [1.29, 1.82) is 0 Å². The molecule has 2 nitrogen and oxygen atoms in total. The standard InChI is InChI=1S/C16H22F2N2/c17-16(18)5-7-20(8-6-16)11-12-1-2-14-10-15(19)4-3-13(14)9-12/h1-2,9,15H,3-8,10-11,19H2. The summed E-state index contributed by atoms with van der Waals surface area (Å²) in [5, 5.41) is 0. The maximum absolute atomic E-state index is 13.1. The zero-order chi connectivity index (χ0) is 14.2. The van der Waals surface area contributed by atoms with Crippen molar-refractivity contribution in [3.8, 4) is 0 Å². The van der Waals surface area contributed by atoms with Crippen molar-refractivity contribution in [1.82, 2.24) is 4.90 Å². The number of nitrogens with zero attached hydrogens (tertiary/aromatic N) is 1. The Bertz CT molecular complexity index is 477. The van der Waals surface area contributed by atoms with Crippen LogP contribution in [0.15, 0.2) is 18.2 Å². The molecule has 1 unspecified atom stereocenters. The van der Waals surface area contributed by atoms with Gasteiger partial charge in [0.05, 0.1) is 0 Å². The third-order valence-corrected chi connectivity index (χ3v) is 4.53. The van der Waals surface area contributed by atoms with E-state index < -0.39 is 5.92 Å². The second-order valence-corrected chi connectivity index (χ2v) is 6.24. The van der Waals surface area contributed by atoms with Gasteiger partial charge >= 0.3 is 0 Å². The second-order valence-electron chi connectivity index (χ2n) is 6.24. The van der Waals surface area contributed by atoms with Crippen LogP contribution in [-0.4, -0.2) is 30.0 Å². The van der Waals surface area contributed by atoms with E-state index in [1.54, 1.807) is 0 Å². The third-order valence-electron chi connectivity index (χ3n) is 4.53. The molecule has 1 aromatic carbocycles. The molecule has 20 heavy (non-hydrogen) atoms. The average Bonchev–Trinajstić information content (AvgIpc) is 2.41. The Morgan fingerprint density at radius 3 is 2.70 bits per heavy atom. The molecule has 0 spiro atoms. The maximum atomic E-state index is 13.1. The molecule has 0 amide bonds. The number of fused-ring (bicyclic) bond motifs is 1. The fourth-order valence-corrected chi connectivity index (χ4v) is 3.23. The van der Waals surface area contributed by atoms with Crippen molar-refractivity contribution in [2.45, 2.75) is 50.6 Å². The van der Waals surface area contributed by atoms with Crippen molar-refractivity contribution < 1.29 is 8.78 Å². The molecule has 0 saturated carbocycles. The molecule has 2 aliphatic rings. The summed E-state index contributed by atoms with van der Waals surface area (Å²) in [6.45, 7) is 1.78. The van der Waals surface area contributed by atoms with Gasteiger partial charge in [-0.1, -0.05) is 18.2 Å². The predicted molar refractivity (Wildman–Crippen MR) is 75.9 cm³/mol. The molecule has 1 atom stereocenters. The van der Waals surface area contributed by atoms with Gasteiger partial charge in [-0.2, -0.15) is 0 Å². The van der Waals surface area contributed by atoms with E-state index in [4.69, 9.17) is 5.73 Å². The number of nitrogens with two attached hydrogens (primary N) is 1. The third kappa shape index (κ3) is 3.18. The van der Waals surface area contributed by atoms with Crippen LogP contribution < -0.4 is 5.73 Å². The highest BCUT2D eigenvalue weighted by Crippen LogP contribution is 2.29. The van der Waals surface area contributed by atoms with Crippen LogP contribution in [0.2, 0.25) is 0 Å². The molecule has 1 aliphatic carbocycles. The number of alkyl halides is 2. The van der Waals surface area contributed by atoms with Crippen LogP contribution in [0.3, 0.4) is 0 Å². The lowest BCUT2D eigenvalue weighted by Gasteiger charge is -2.32. The Labute approximate surface area is 118 Å². The maximum Gasteiger partial charge on any atom is 0.250 e. The molecule has 0 radical (unpaired) electrons. The molecule has 1 aromatic rings. The van der Waals surface area contributed by atoms with E-state index in [0.29, 0.717) is 13.1 Å². The molecule has 0 bridgehead atoms. The van der Waals surface area contributed by atoms with Crippen LogP contribution in [-0.2, 0) is 19.4 Å². The lowest BCUT2D eigenvalue weighted by molar-refractivity contribution is -0.0566. The predicted octanol–water partition coefficient (Wildman–Crippen LogP) is 2.73. The fourth-order valence-electron chi connectivity index (χ4n) is 3.23. The largest absolute Gasteiger partial charge is 0.327 e. The summed E-state index contributed by atoms with van der Waals surface area (Å²) in [7, 11) is 0. The zero-order valence-electron chi connectivity index (χ0n) is 11.7. The second kappa shape index (κ2) is 5.41. The van der Waals surface area contributed by atoms with E-state index in [2.05, 4.69) is 23.1 Å². The van der Waals surface area contributed by atoms with Crippen LogP contribution in [0.5, 0.6) is 0 Å².